The third-order valence-corrected chi connectivity index (χ3v) is 14.2. The molecule has 7 rings (SSSR count). The van der Waals surface area contributed by atoms with E-state index in [4.69, 9.17) is 4.74 Å². The van der Waals surface area contributed by atoms with Crippen molar-refractivity contribution in [1.82, 2.24) is 20.4 Å². The van der Waals surface area contributed by atoms with Gasteiger partial charge in [0.1, 0.15) is 5.72 Å². The first-order valence-electron chi connectivity index (χ1n) is 17.4. The lowest BCUT2D eigenvalue weighted by atomic mass is 9.46. The fourth-order valence-electron chi connectivity index (χ4n) is 11.6. The number of hydrogen-bond donors (Lipinski definition) is 2. The van der Waals surface area contributed by atoms with E-state index in [2.05, 4.69) is 61.3 Å². The fraction of sp³-hybridized carbons (Fsp3) is 0.914. The number of carbonyl (C=O) groups excluding carboxylic acids is 1. The zero-order valence-corrected chi connectivity index (χ0v) is 26.7. The Hall–Kier alpha value is -0.950. The molecule has 3 heterocycles. The van der Waals surface area contributed by atoms with Gasteiger partial charge in [-0.15, -0.1) is 0 Å². The summed E-state index contributed by atoms with van der Waals surface area (Å²) in [6, 6.07) is 0.321. The largest absolute Gasteiger partial charge is 0.357 e. The van der Waals surface area contributed by atoms with E-state index < -0.39 is 0 Å². The quantitative estimate of drug-likeness (QED) is 0.467. The van der Waals surface area contributed by atoms with Crippen LogP contribution in [0.1, 0.15) is 91.9 Å². The van der Waals surface area contributed by atoms with Crippen LogP contribution in [0.5, 0.6) is 0 Å². The van der Waals surface area contributed by atoms with Crippen molar-refractivity contribution in [2.45, 2.75) is 110 Å². The Balaban J connectivity index is 0.988. The molecule has 3 saturated carbocycles. The van der Waals surface area contributed by atoms with Crippen molar-refractivity contribution in [3.05, 3.63) is 11.6 Å². The highest BCUT2D eigenvalue weighted by molar-refractivity contribution is 5.76. The van der Waals surface area contributed by atoms with Crippen molar-refractivity contribution in [3.8, 4) is 0 Å². The molecular formula is C35H58N4O2. The van der Waals surface area contributed by atoms with E-state index in [1.54, 1.807) is 5.57 Å². The number of rotatable bonds is 4. The summed E-state index contributed by atoms with van der Waals surface area (Å²) < 4.78 is 7.09. The molecule has 41 heavy (non-hydrogen) atoms. The number of hydrogen-bond acceptors (Lipinski definition) is 5. The minimum Gasteiger partial charge on any atom is -0.357 e. The van der Waals surface area contributed by atoms with Gasteiger partial charge >= 0.3 is 0 Å². The van der Waals surface area contributed by atoms with E-state index in [0.29, 0.717) is 41.2 Å². The molecule has 4 aliphatic carbocycles. The molecule has 230 valence electrons. The average molecular weight is 567 g/mol. The van der Waals surface area contributed by atoms with Gasteiger partial charge in [0.25, 0.3) is 0 Å². The summed E-state index contributed by atoms with van der Waals surface area (Å²) >= 11 is 0. The number of ether oxygens (including phenoxy) is 1. The standard InChI is InChI=1S/C35H58N4O2/c1-23-8-14-35(36-22-23)24(2)32-30(41-35)21-29-27-7-6-25-20-26(9-12-33(25,3)28(27)10-13-34(29,32)4)37-31(40)11-15-39-18-16-38(5)17-19-39/h6,23-24,26-30,32,36H,7-22H2,1-5H3,(H,37,40)/t23-,24+,26-,27-,28+,29+,30+,32+,33+,34+,35-/m1/s1. The summed E-state index contributed by atoms with van der Waals surface area (Å²) in [6.45, 7) is 16.6. The molecule has 0 radical (unpaired) electrons. The topological polar surface area (TPSA) is 56.8 Å². The Morgan fingerprint density at radius 1 is 1.07 bits per heavy atom. The molecule has 2 N–H and O–H groups in total. The lowest BCUT2D eigenvalue weighted by molar-refractivity contribution is -0.122. The molecule has 6 nitrogen and oxygen atoms in total. The molecule has 0 aromatic heterocycles. The fourth-order valence-corrected chi connectivity index (χ4v) is 11.6. The van der Waals surface area contributed by atoms with Crippen molar-refractivity contribution >= 4 is 5.91 Å². The van der Waals surface area contributed by atoms with Gasteiger partial charge in [0.2, 0.25) is 5.91 Å². The third-order valence-electron chi connectivity index (χ3n) is 14.2. The van der Waals surface area contributed by atoms with E-state index >= 15 is 0 Å². The van der Waals surface area contributed by atoms with Crippen LogP contribution in [-0.4, -0.2) is 79.9 Å². The molecule has 7 aliphatic rings. The molecule has 3 aliphatic heterocycles. The second kappa shape index (κ2) is 10.6. The number of likely N-dealkylation sites (N-methyl/N-ethyl adjacent to an activating group) is 1. The van der Waals surface area contributed by atoms with Gasteiger partial charge in [0, 0.05) is 57.6 Å². The van der Waals surface area contributed by atoms with Gasteiger partial charge in [0.15, 0.2) is 0 Å². The maximum atomic E-state index is 12.9. The molecule has 11 atom stereocenters. The van der Waals surface area contributed by atoms with Crippen LogP contribution in [0.25, 0.3) is 0 Å². The number of fused-ring (bicyclic) bond motifs is 7. The van der Waals surface area contributed by atoms with Crippen molar-refractivity contribution in [3.63, 3.8) is 0 Å². The van der Waals surface area contributed by atoms with E-state index in [1.807, 2.05) is 0 Å². The lowest BCUT2D eigenvalue weighted by Gasteiger charge is -2.58. The minimum atomic E-state index is -0.0639. The Labute approximate surface area is 249 Å². The summed E-state index contributed by atoms with van der Waals surface area (Å²) in [5.74, 6) is 4.72. The van der Waals surface area contributed by atoms with Crippen molar-refractivity contribution in [2.75, 3.05) is 46.3 Å². The Bertz CT molecular complexity index is 1030. The van der Waals surface area contributed by atoms with Gasteiger partial charge in [0.05, 0.1) is 6.10 Å². The first-order chi connectivity index (χ1) is 19.6. The summed E-state index contributed by atoms with van der Waals surface area (Å²) in [4.78, 5) is 17.7. The van der Waals surface area contributed by atoms with Gasteiger partial charge in [-0.1, -0.05) is 39.3 Å². The predicted octanol–water partition coefficient (Wildman–Crippen LogP) is 5.05. The van der Waals surface area contributed by atoms with Crippen LogP contribution in [-0.2, 0) is 9.53 Å². The maximum absolute atomic E-state index is 12.9. The number of carbonyl (C=O) groups is 1. The van der Waals surface area contributed by atoms with Gasteiger partial charge in [-0.25, -0.2) is 0 Å². The van der Waals surface area contributed by atoms with Crippen molar-refractivity contribution < 1.29 is 9.53 Å². The van der Waals surface area contributed by atoms with Gasteiger partial charge in [-0.2, -0.15) is 0 Å². The van der Waals surface area contributed by atoms with Crippen LogP contribution < -0.4 is 10.6 Å². The van der Waals surface area contributed by atoms with E-state index in [-0.39, 0.29) is 11.6 Å². The molecule has 6 heteroatoms. The van der Waals surface area contributed by atoms with E-state index in [0.717, 1.165) is 75.8 Å². The second-order valence-electron chi connectivity index (χ2n) is 16.3. The van der Waals surface area contributed by atoms with Gasteiger partial charge in [-0.05, 0) is 105 Å². The number of nitrogens with zero attached hydrogens (tertiary/aromatic N) is 2. The van der Waals surface area contributed by atoms with Crippen LogP contribution in [0.15, 0.2) is 11.6 Å². The third kappa shape index (κ3) is 4.77. The number of amides is 1. The predicted molar refractivity (Wildman–Crippen MR) is 164 cm³/mol. The summed E-state index contributed by atoms with van der Waals surface area (Å²) in [5, 5.41) is 7.37. The molecule has 1 spiro atoms. The zero-order valence-electron chi connectivity index (χ0n) is 26.7. The lowest BCUT2D eigenvalue weighted by Crippen LogP contribution is -2.57. The SMILES string of the molecule is C[C@@H]1CC[C@@]2(NC1)O[C@H]1C[C@H]3[C@@H]4CC=C5C[C@H](NC(=O)CCN6CCN(C)CC6)CC[C@]5(C)[C@H]4CC[C@]3(C)[C@H]1[C@@H]2C. The Morgan fingerprint density at radius 3 is 2.63 bits per heavy atom. The molecule has 3 saturated heterocycles. The molecular weight excluding hydrogens is 508 g/mol. The van der Waals surface area contributed by atoms with Crippen LogP contribution >= 0.6 is 0 Å². The molecule has 0 aromatic carbocycles. The highest BCUT2D eigenvalue weighted by atomic mass is 16.5. The summed E-state index contributed by atoms with van der Waals surface area (Å²) in [6.07, 6.45) is 14.9. The number of piperazine rings is 1. The summed E-state index contributed by atoms with van der Waals surface area (Å²) in [7, 11) is 2.19. The van der Waals surface area contributed by atoms with Gasteiger partial charge in [-0.3, -0.25) is 10.1 Å². The van der Waals surface area contributed by atoms with Crippen LogP contribution in [0.2, 0.25) is 0 Å². The summed E-state index contributed by atoms with van der Waals surface area (Å²) in [5.41, 5.74) is 2.33. The highest BCUT2D eigenvalue weighted by Crippen LogP contribution is 2.70. The number of nitrogens with one attached hydrogen (secondary N) is 2. The normalized spacial score (nSPS) is 50.0. The van der Waals surface area contributed by atoms with E-state index in [9.17, 15) is 4.79 Å². The second-order valence-corrected chi connectivity index (χ2v) is 16.3. The monoisotopic (exact) mass is 566 g/mol. The van der Waals surface area contributed by atoms with E-state index in [1.165, 1.54) is 44.9 Å². The number of allylic oxidation sites excluding steroid dienone is 1. The zero-order chi connectivity index (χ0) is 28.6. The first kappa shape index (κ1) is 28.8. The smallest absolute Gasteiger partial charge is 0.221 e. The first-order valence-corrected chi connectivity index (χ1v) is 17.4. The minimum absolute atomic E-state index is 0.0639. The number of piperidine rings is 1. The van der Waals surface area contributed by atoms with Gasteiger partial charge < -0.3 is 19.9 Å². The molecule has 0 bridgehead atoms. The highest BCUT2D eigenvalue weighted by Gasteiger charge is 2.68. The molecule has 1 amide bonds. The molecule has 0 unspecified atom stereocenters. The molecule has 6 fully saturated rings. The van der Waals surface area contributed by atoms with Crippen LogP contribution in [0, 0.1) is 46.3 Å². The Morgan fingerprint density at radius 2 is 1.88 bits per heavy atom. The average Bonchev–Trinajstić information content (AvgIpc) is 3.40. The van der Waals surface area contributed by atoms with Crippen LogP contribution in [0.4, 0.5) is 0 Å². The van der Waals surface area contributed by atoms with Crippen LogP contribution in [0.3, 0.4) is 0 Å². The Kier molecular flexibility index (Phi) is 7.44. The maximum Gasteiger partial charge on any atom is 0.221 e. The molecule has 0 aromatic rings. The van der Waals surface area contributed by atoms with Crippen molar-refractivity contribution in [1.29, 1.82) is 0 Å². The van der Waals surface area contributed by atoms with Crippen molar-refractivity contribution in [2.24, 2.45) is 46.3 Å².